The number of nitrogens with zero attached hydrogens (tertiary/aromatic N) is 3. The maximum atomic E-state index is 12.9. The normalized spacial score (nSPS) is 12.1. The molecule has 0 fully saturated rings. The molecule has 0 heterocycles. The fraction of sp³-hybridized carbons (Fsp3) is 0.421. The Balaban J connectivity index is 3.07. The summed E-state index contributed by atoms with van der Waals surface area (Å²) in [5, 5.41) is 31.3. The molecule has 0 bridgehead atoms. The number of nitro benzene ring substituents is 1. The number of aliphatic carboxylic acids is 2. The van der Waals surface area contributed by atoms with Gasteiger partial charge in [-0.15, -0.1) is 0 Å². The lowest BCUT2D eigenvalue weighted by Gasteiger charge is -2.26. The van der Waals surface area contributed by atoms with E-state index in [-0.39, 0.29) is 36.7 Å². The van der Waals surface area contributed by atoms with Crippen LogP contribution in [0.5, 0.6) is 0 Å². The van der Waals surface area contributed by atoms with Crippen LogP contribution in [0, 0.1) is 10.1 Å². The molecule has 0 saturated heterocycles. The first-order valence-electron chi connectivity index (χ1n) is 9.98. The van der Waals surface area contributed by atoms with Crippen molar-refractivity contribution in [2.75, 3.05) is 13.1 Å². The highest BCUT2D eigenvalue weighted by molar-refractivity contribution is 5.90. The minimum absolute atomic E-state index is 0.113. The number of guanidine groups is 1. The van der Waals surface area contributed by atoms with Gasteiger partial charge in [0.1, 0.15) is 6.04 Å². The molecule has 34 heavy (non-hydrogen) atoms. The molecule has 0 aromatic heterocycles. The third-order valence-corrected chi connectivity index (χ3v) is 4.49. The number of hydrogen-bond donors (Lipinski definition) is 6. The van der Waals surface area contributed by atoms with Crippen LogP contribution in [0.4, 0.5) is 5.69 Å². The predicted octanol–water partition coefficient (Wildman–Crippen LogP) is -1.65. The molecule has 0 radical (unpaired) electrons. The SMILES string of the molecule is NC(N)=NCCC[C@H](N)C(=O)N(CC(=O)N[C@@H](CC(=O)O)C(=O)O)Cc1ccccc1[N+](=O)[O-]. The zero-order valence-corrected chi connectivity index (χ0v) is 18.1. The number of para-hydroxylation sites is 1. The van der Waals surface area contributed by atoms with Gasteiger partial charge in [-0.25, -0.2) is 4.79 Å². The molecule has 0 saturated carbocycles. The number of nitro groups is 1. The number of carboxylic acid groups (broad SMARTS) is 2. The van der Waals surface area contributed by atoms with Crippen LogP contribution in [0.2, 0.25) is 0 Å². The Hall–Kier alpha value is -4.27. The lowest BCUT2D eigenvalue weighted by molar-refractivity contribution is -0.385. The molecule has 0 aliphatic carbocycles. The van der Waals surface area contributed by atoms with Gasteiger partial charge in [-0.05, 0) is 12.8 Å². The van der Waals surface area contributed by atoms with Crippen LogP contribution in [0.15, 0.2) is 29.3 Å². The topological polar surface area (TPSA) is 258 Å². The standard InChI is InChI=1S/C19H27N7O8/c20-12(5-3-7-23-19(21)22)17(30)25(9-11-4-1-2-6-14(11)26(33)34)10-15(27)24-13(18(31)32)8-16(28)29/h1-2,4,6,12-13H,3,5,7-10,20H2,(H,24,27)(H,28,29)(H,31,32)(H4,21,22,23)/t12-,13-/m0/s1. The molecule has 0 spiro atoms. The summed E-state index contributed by atoms with van der Waals surface area (Å²) in [6.45, 7) is -0.888. The van der Waals surface area contributed by atoms with Crippen LogP contribution in [0.1, 0.15) is 24.8 Å². The smallest absolute Gasteiger partial charge is 0.326 e. The summed E-state index contributed by atoms with van der Waals surface area (Å²) in [6.07, 6.45) is -0.430. The van der Waals surface area contributed by atoms with Crippen LogP contribution in [-0.2, 0) is 25.7 Å². The van der Waals surface area contributed by atoms with Crippen LogP contribution in [0.25, 0.3) is 0 Å². The van der Waals surface area contributed by atoms with Crippen molar-refractivity contribution < 1.29 is 34.3 Å². The summed E-state index contributed by atoms with van der Waals surface area (Å²) in [7, 11) is 0. The largest absolute Gasteiger partial charge is 0.481 e. The van der Waals surface area contributed by atoms with E-state index >= 15 is 0 Å². The van der Waals surface area contributed by atoms with Gasteiger partial charge in [-0.3, -0.25) is 29.5 Å². The Morgan fingerprint density at radius 3 is 2.38 bits per heavy atom. The predicted molar refractivity (Wildman–Crippen MR) is 118 cm³/mol. The molecule has 1 aromatic carbocycles. The highest BCUT2D eigenvalue weighted by atomic mass is 16.6. The summed E-state index contributed by atoms with van der Waals surface area (Å²) in [4.78, 5) is 62.8. The zero-order valence-electron chi connectivity index (χ0n) is 18.1. The van der Waals surface area contributed by atoms with Gasteiger partial charge in [-0.2, -0.15) is 0 Å². The van der Waals surface area contributed by atoms with E-state index < -0.39 is 53.7 Å². The average Bonchev–Trinajstić information content (AvgIpc) is 2.74. The lowest BCUT2D eigenvalue weighted by atomic mass is 10.1. The second-order valence-corrected chi connectivity index (χ2v) is 7.19. The van der Waals surface area contributed by atoms with E-state index in [2.05, 4.69) is 4.99 Å². The molecule has 0 aliphatic heterocycles. The number of carboxylic acids is 2. The van der Waals surface area contributed by atoms with Gasteiger partial charge in [0, 0.05) is 18.2 Å². The molecule has 9 N–H and O–H groups in total. The maximum Gasteiger partial charge on any atom is 0.326 e. The van der Waals surface area contributed by atoms with Crippen LogP contribution < -0.4 is 22.5 Å². The van der Waals surface area contributed by atoms with E-state index in [0.29, 0.717) is 6.42 Å². The Labute approximate surface area is 193 Å². The first-order valence-corrected chi connectivity index (χ1v) is 9.98. The monoisotopic (exact) mass is 481 g/mol. The van der Waals surface area contributed by atoms with Crippen molar-refractivity contribution in [2.45, 2.75) is 37.9 Å². The number of hydrogen-bond acceptors (Lipinski definition) is 8. The van der Waals surface area contributed by atoms with E-state index in [1.165, 1.54) is 24.3 Å². The van der Waals surface area contributed by atoms with Crippen molar-refractivity contribution in [1.82, 2.24) is 10.2 Å². The van der Waals surface area contributed by atoms with Crippen molar-refractivity contribution in [2.24, 2.45) is 22.2 Å². The zero-order chi connectivity index (χ0) is 25.8. The number of carbonyl (C=O) groups is 4. The molecule has 15 nitrogen and oxygen atoms in total. The van der Waals surface area contributed by atoms with E-state index in [9.17, 15) is 29.3 Å². The van der Waals surface area contributed by atoms with Crippen LogP contribution in [-0.4, -0.2) is 74.9 Å². The van der Waals surface area contributed by atoms with E-state index in [1.54, 1.807) is 0 Å². The van der Waals surface area contributed by atoms with Crippen LogP contribution >= 0.6 is 0 Å². The van der Waals surface area contributed by atoms with Crippen molar-refractivity contribution in [3.8, 4) is 0 Å². The molecular formula is C19H27N7O8. The highest BCUT2D eigenvalue weighted by Crippen LogP contribution is 2.20. The average molecular weight is 481 g/mol. The van der Waals surface area contributed by atoms with Crippen LogP contribution in [0.3, 0.4) is 0 Å². The Bertz CT molecular complexity index is 948. The molecule has 186 valence electrons. The molecule has 2 atom stereocenters. The Morgan fingerprint density at radius 2 is 1.82 bits per heavy atom. The van der Waals surface area contributed by atoms with Gasteiger partial charge >= 0.3 is 11.9 Å². The quantitative estimate of drug-likeness (QED) is 0.0576. The summed E-state index contributed by atoms with van der Waals surface area (Å²) >= 11 is 0. The molecule has 1 rings (SSSR count). The summed E-state index contributed by atoms with van der Waals surface area (Å²) in [5.74, 6) is -4.88. The number of carbonyl (C=O) groups excluding carboxylic acids is 2. The van der Waals surface area contributed by atoms with Gasteiger partial charge in [0.2, 0.25) is 11.8 Å². The van der Waals surface area contributed by atoms with Crippen molar-refractivity contribution in [3.05, 3.63) is 39.9 Å². The van der Waals surface area contributed by atoms with Crippen molar-refractivity contribution in [1.29, 1.82) is 0 Å². The van der Waals surface area contributed by atoms with E-state index in [0.717, 1.165) is 4.90 Å². The van der Waals surface area contributed by atoms with Gasteiger partial charge in [0.15, 0.2) is 5.96 Å². The lowest BCUT2D eigenvalue weighted by Crippen LogP contribution is -2.50. The molecule has 2 amide bonds. The fourth-order valence-electron chi connectivity index (χ4n) is 2.91. The van der Waals surface area contributed by atoms with Crippen molar-refractivity contribution >= 4 is 35.4 Å². The van der Waals surface area contributed by atoms with Gasteiger partial charge < -0.3 is 37.6 Å². The maximum absolute atomic E-state index is 12.9. The third-order valence-electron chi connectivity index (χ3n) is 4.49. The highest BCUT2D eigenvalue weighted by Gasteiger charge is 2.28. The third kappa shape index (κ3) is 9.47. The Kier molecular flexibility index (Phi) is 10.9. The van der Waals surface area contributed by atoms with Crippen molar-refractivity contribution in [3.63, 3.8) is 0 Å². The molecule has 1 aromatic rings. The second kappa shape index (κ2) is 13.3. The number of nitrogens with two attached hydrogens (primary N) is 3. The van der Waals surface area contributed by atoms with E-state index in [4.69, 9.17) is 27.4 Å². The Morgan fingerprint density at radius 1 is 1.18 bits per heavy atom. The molecule has 0 unspecified atom stereocenters. The number of amides is 2. The number of rotatable bonds is 14. The second-order valence-electron chi connectivity index (χ2n) is 7.19. The number of benzene rings is 1. The summed E-state index contributed by atoms with van der Waals surface area (Å²) < 4.78 is 0. The summed E-state index contributed by atoms with van der Waals surface area (Å²) in [5.41, 5.74) is 16.2. The van der Waals surface area contributed by atoms with Gasteiger partial charge in [0.05, 0.1) is 30.5 Å². The first kappa shape index (κ1) is 27.8. The fourth-order valence-corrected chi connectivity index (χ4v) is 2.91. The van der Waals surface area contributed by atoms with Gasteiger partial charge in [-0.1, -0.05) is 18.2 Å². The minimum Gasteiger partial charge on any atom is -0.481 e. The van der Waals surface area contributed by atoms with E-state index in [1.807, 2.05) is 5.32 Å². The molecule has 15 heteroatoms. The van der Waals surface area contributed by atoms with Gasteiger partial charge in [0.25, 0.3) is 5.69 Å². The minimum atomic E-state index is -1.73. The molecule has 0 aliphatic rings. The molecular weight excluding hydrogens is 454 g/mol. The number of aliphatic imine (C=N–C) groups is 1. The first-order chi connectivity index (χ1) is 15.9. The number of nitrogens with one attached hydrogen (secondary N) is 1. The summed E-state index contributed by atoms with van der Waals surface area (Å²) in [6, 6.07) is 2.71.